The second-order valence-electron chi connectivity index (χ2n) is 2.73. The third kappa shape index (κ3) is 2.56. The first-order valence-electron chi connectivity index (χ1n) is 3.91. The third-order valence-electron chi connectivity index (χ3n) is 1.71. The molecule has 5 heteroatoms. The van der Waals surface area contributed by atoms with Crippen LogP contribution in [0, 0.1) is 0 Å². The van der Waals surface area contributed by atoms with E-state index in [1.165, 1.54) is 6.92 Å². The van der Waals surface area contributed by atoms with Crippen LogP contribution >= 0.6 is 11.6 Å². The molecule has 2 unspecified atom stereocenters. The van der Waals surface area contributed by atoms with Crippen LogP contribution in [0.5, 0.6) is 0 Å². The van der Waals surface area contributed by atoms with Crippen LogP contribution in [0.1, 0.15) is 6.92 Å². The fourth-order valence-electron chi connectivity index (χ4n) is 0.864. The smallest absolute Gasteiger partial charge is 0.319 e. The van der Waals surface area contributed by atoms with Crippen molar-refractivity contribution in [2.75, 3.05) is 0 Å². The van der Waals surface area contributed by atoms with Gasteiger partial charge >= 0.3 is 5.97 Å². The van der Waals surface area contributed by atoms with Crippen LogP contribution in [0.15, 0.2) is 29.2 Å². The van der Waals surface area contributed by atoms with Crippen LogP contribution in [-0.2, 0) is 15.6 Å². The number of hydrogen-bond donors (Lipinski definition) is 1. The fourth-order valence-corrected chi connectivity index (χ4v) is 1.99. The lowest BCUT2D eigenvalue weighted by atomic mass is 10.4. The molecule has 0 spiro atoms. The molecular weight excluding hydrogens is 224 g/mol. The molecule has 14 heavy (non-hydrogen) atoms. The van der Waals surface area contributed by atoms with Crippen molar-refractivity contribution in [3.63, 3.8) is 0 Å². The van der Waals surface area contributed by atoms with E-state index in [9.17, 15) is 9.00 Å². The van der Waals surface area contributed by atoms with Crippen LogP contribution in [0.2, 0.25) is 5.02 Å². The Kier molecular flexibility index (Phi) is 3.66. The van der Waals surface area contributed by atoms with Crippen molar-refractivity contribution in [2.24, 2.45) is 0 Å². The molecule has 76 valence electrons. The van der Waals surface area contributed by atoms with Crippen LogP contribution in [-0.4, -0.2) is 20.5 Å². The van der Waals surface area contributed by atoms with E-state index in [4.69, 9.17) is 16.7 Å². The van der Waals surface area contributed by atoms with Gasteiger partial charge in [0.2, 0.25) is 0 Å². The molecule has 0 saturated carbocycles. The number of aliphatic carboxylic acids is 1. The molecule has 0 fully saturated rings. The molecule has 0 aromatic heterocycles. The second kappa shape index (κ2) is 4.57. The van der Waals surface area contributed by atoms with E-state index in [-0.39, 0.29) is 0 Å². The van der Waals surface area contributed by atoms with Gasteiger partial charge in [0.05, 0.1) is 10.8 Å². The van der Waals surface area contributed by atoms with Crippen molar-refractivity contribution >= 4 is 28.4 Å². The standard InChI is InChI=1S/C9H9ClO3S/c1-6(9(11)12)14(13)8-4-2-7(10)3-5-8/h2-6H,1H3,(H,11,12). The lowest BCUT2D eigenvalue weighted by Crippen LogP contribution is -2.21. The predicted octanol–water partition coefficient (Wildman–Crippen LogP) is 1.92. The second-order valence-corrected chi connectivity index (χ2v) is 4.94. The van der Waals surface area contributed by atoms with Gasteiger partial charge in [-0.2, -0.15) is 0 Å². The van der Waals surface area contributed by atoms with Crippen molar-refractivity contribution in [2.45, 2.75) is 17.1 Å². The number of benzene rings is 1. The summed E-state index contributed by atoms with van der Waals surface area (Å²) in [7, 11) is -1.52. The summed E-state index contributed by atoms with van der Waals surface area (Å²) in [4.78, 5) is 11.0. The summed E-state index contributed by atoms with van der Waals surface area (Å²) in [6, 6.07) is 6.31. The van der Waals surface area contributed by atoms with Crippen molar-refractivity contribution in [3.8, 4) is 0 Å². The molecule has 0 saturated heterocycles. The molecule has 0 radical (unpaired) electrons. The molecule has 0 aliphatic rings. The SMILES string of the molecule is CC(C(=O)O)S(=O)c1ccc(Cl)cc1. The van der Waals surface area contributed by atoms with E-state index in [1.54, 1.807) is 24.3 Å². The summed E-state index contributed by atoms with van der Waals surface area (Å²) < 4.78 is 11.6. The Morgan fingerprint density at radius 2 is 1.93 bits per heavy atom. The number of carbonyl (C=O) groups is 1. The van der Waals surface area contributed by atoms with Gasteiger partial charge in [-0.15, -0.1) is 0 Å². The van der Waals surface area contributed by atoms with E-state index < -0.39 is 22.0 Å². The van der Waals surface area contributed by atoms with E-state index in [0.717, 1.165) is 0 Å². The van der Waals surface area contributed by atoms with Crippen LogP contribution in [0.25, 0.3) is 0 Å². The first-order chi connectivity index (χ1) is 6.52. The van der Waals surface area contributed by atoms with Gasteiger partial charge in [-0.25, -0.2) is 0 Å². The first kappa shape index (κ1) is 11.2. The van der Waals surface area contributed by atoms with Gasteiger partial charge in [0, 0.05) is 9.92 Å². The van der Waals surface area contributed by atoms with Crippen molar-refractivity contribution < 1.29 is 14.1 Å². The monoisotopic (exact) mass is 232 g/mol. The third-order valence-corrected chi connectivity index (χ3v) is 3.55. The number of rotatable bonds is 3. The van der Waals surface area contributed by atoms with Gasteiger partial charge in [0.15, 0.2) is 0 Å². The molecule has 0 aliphatic carbocycles. The Labute approximate surface area is 89.2 Å². The first-order valence-corrected chi connectivity index (χ1v) is 5.50. The summed E-state index contributed by atoms with van der Waals surface area (Å²) >= 11 is 5.64. The van der Waals surface area contributed by atoms with Gasteiger partial charge in [0.25, 0.3) is 0 Å². The average Bonchev–Trinajstić information content (AvgIpc) is 2.16. The lowest BCUT2D eigenvalue weighted by Gasteiger charge is -2.05. The normalized spacial score (nSPS) is 14.7. The zero-order valence-electron chi connectivity index (χ0n) is 7.44. The van der Waals surface area contributed by atoms with Gasteiger partial charge < -0.3 is 5.11 Å². The minimum Gasteiger partial charge on any atom is -0.480 e. The molecule has 1 rings (SSSR count). The molecule has 0 bridgehead atoms. The van der Waals surface area contributed by atoms with Crippen molar-refractivity contribution in [3.05, 3.63) is 29.3 Å². The topological polar surface area (TPSA) is 54.4 Å². The Bertz CT molecular complexity index is 361. The maximum Gasteiger partial charge on any atom is 0.319 e. The van der Waals surface area contributed by atoms with Gasteiger partial charge in [-0.1, -0.05) is 11.6 Å². The summed E-state index contributed by atoms with van der Waals surface area (Å²) in [6.07, 6.45) is 0. The molecule has 0 aliphatic heterocycles. The summed E-state index contributed by atoms with van der Waals surface area (Å²) in [5.41, 5.74) is 0. The van der Waals surface area contributed by atoms with Crippen LogP contribution in [0.3, 0.4) is 0 Å². The zero-order valence-corrected chi connectivity index (χ0v) is 9.01. The van der Waals surface area contributed by atoms with Crippen molar-refractivity contribution in [1.29, 1.82) is 0 Å². The van der Waals surface area contributed by atoms with Gasteiger partial charge in [-0.3, -0.25) is 9.00 Å². The highest BCUT2D eigenvalue weighted by atomic mass is 35.5. The largest absolute Gasteiger partial charge is 0.480 e. The van der Waals surface area contributed by atoms with E-state index in [1.807, 2.05) is 0 Å². The minimum atomic E-state index is -1.52. The van der Waals surface area contributed by atoms with E-state index >= 15 is 0 Å². The molecular formula is C9H9ClO3S. The summed E-state index contributed by atoms with van der Waals surface area (Å²) in [5, 5.41) is 8.28. The Morgan fingerprint density at radius 3 is 2.36 bits per heavy atom. The highest BCUT2D eigenvalue weighted by Crippen LogP contribution is 2.15. The van der Waals surface area contributed by atoms with Crippen molar-refractivity contribution in [1.82, 2.24) is 0 Å². The quantitative estimate of drug-likeness (QED) is 0.866. The average molecular weight is 233 g/mol. The molecule has 2 atom stereocenters. The summed E-state index contributed by atoms with van der Waals surface area (Å²) in [5.74, 6) is -1.07. The fraction of sp³-hybridized carbons (Fsp3) is 0.222. The highest BCUT2D eigenvalue weighted by molar-refractivity contribution is 7.86. The summed E-state index contributed by atoms with van der Waals surface area (Å²) in [6.45, 7) is 1.41. The predicted molar refractivity (Wildman–Crippen MR) is 55.0 cm³/mol. The Morgan fingerprint density at radius 1 is 1.43 bits per heavy atom. The van der Waals surface area contributed by atoms with Crippen LogP contribution < -0.4 is 0 Å². The Balaban J connectivity index is 2.90. The lowest BCUT2D eigenvalue weighted by molar-refractivity contribution is -0.136. The van der Waals surface area contributed by atoms with Crippen LogP contribution in [0.4, 0.5) is 0 Å². The zero-order chi connectivity index (χ0) is 10.7. The molecule has 1 aromatic rings. The molecule has 1 aromatic carbocycles. The van der Waals surface area contributed by atoms with Gasteiger partial charge in [-0.05, 0) is 31.2 Å². The number of carboxylic acid groups (broad SMARTS) is 1. The maximum absolute atomic E-state index is 11.6. The van der Waals surface area contributed by atoms with Gasteiger partial charge in [0.1, 0.15) is 5.25 Å². The van der Waals surface area contributed by atoms with E-state index in [0.29, 0.717) is 9.92 Å². The maximum atomic E-state index is 11.6. The molecule has 0 amide bonds. The Hall–Kier alpha value is -0.870. The van der Waals surface area contributed by atoms with E-state index in [2.05, 4.69) is 0 Å². The molecule has 1 N–H and O–H groups in total. The number of hydrogen-bond acceptors (Lipinski definition) is 2. The molecule has 0 heterocycles. The molecule has 3 nitrogen and oxygen atoms in total. The minimum absolute atomic E-state index is 0.476. The number of halogens is 1. The highest BCUT2D eigenvalue weighted by Gasteiger charge is 2.20. The number of carboxylic acids is 1.